The van der Waals surface area contributed by atoms with E-state index in [9.17, 15) is 0 Å². The van der Waals surface area contributed by atoms with Gasteiger partial charge in [-0.3, -0.25) is 4.90 Å². The number of hydrogen-bond donors (Lipinski definition) is 1. The Balaban J connectivity index is 0.000000636. The van der Waals surface area contributed by atoms with Crippen molar-refractivity contribution in [3.05, 3.63) is 23.9 Å². The molecule has 0 spiro atoms. The number of nitrogens with zero attached hydrogens (tertiary/aromatic N) is 2. The minimum Gasteiger partial charge on any atom is -0.371 e. The molecule has 118 valence electrons. The van der Waals surface area contributed by atoms with E-state index < -0.39 is 0 Å². The highest BCUT2D eigenvalue weighted by molar-refractivity contribution is 5.36. The Kier molecular flexibility index (Phi) is 4.41. The Hall–Kier alpha value is -0.800. The van der Waals surface area contributed by atoms with Crippen molar-refractivity contribution in [3.63, 3.8) is 0 Å². The van der Waals surface area contributed by atoms with E-state index in [1.807, 2.05) is 13.8 Å². The fourth-order valence-electron chi connectivity index (χ4n) is 4.14. The molecule has 0 bridgehead atoms. The van der Waals surface area contributed by atoms with Crippen LogP contribution < -0.4 is 5.32 Å². The monoisotopic (exact) mass is 289 g/mol. The molecule has 2 aliphatic carbocycles. The van der Waals surface area contributed by atoms with E-state index in [1.165, 1.54) is 52.1 Å². The molecule has 3 heteroatoms. The van der Waals surface area contributed by atoms with Gasteiger partial charge < -0.3 is 10.2 Å². The maximum Gasteiger partial charge on any atom is 0.0447 e. The molecule has 1 N–H and O–H groups in total. The van der Waals surface area contributed by atoms with E-state index >= 15 is 0 Å². The van der Waals surface area contributed by atoms with Gasteiger partial charge in [-0.25, -0.2) is 0 Å². The summed E-state index contributed by atoms with van der Waals surface area (Å²) >= 11 is 0. The van der Waals surface area contributed by atoms with E-state index in [-0.39, 0.29) is 0 Å². The molecule has 2 unspecified atom stereocenters. The van der Waals surface area contributed by atoms with Crippen molar-refractivity contribution in [2.45, 2.75) is 39.7 Å². The Morgan fingerprint density at radius 2 is 1.95 bits per heavy atom. The van der Waals surface area contributed by atoms with Gasteiger partial charge in [0.05, 0.1) is 0 Å². The number of piperazine rings is 1. The standard InChI is InChI=1S/C16H25N3.C2H6/c1-2-16-5-3-4-15(14(16)10-16)19-11-13(12-19)18-8-6-17-7-9-18;1-2/h3-5,13-14,17H,2,6-12H2,1H3;1-2H3. The third kappa shape index (κ3) is 2.66. The number of allylic oxidation sites excluding steroid dienone is 4. The van der Waals surface area contributed by atoms with Gasteiger partial charge in [0.2, 0.25) is 0 Å². The fourth-order valence-corrected chi connectivity index (χ4v) is 4.14. The number of rotatable bonds is 3. The maximum absolute atomic E-state index is 3.44. The van der Waals surface area contributed by atoms with Crippen LogP contribution in [0.15, 0.2) is 23.9 Å². The highest BCUT2D eigenvalue weighted by Crippen LogP contribution is 2.62. The first-order valence-corrected chi connectivity index (χ1v) is 8.91. The van der Waals surface area contributed by atoms with Crippen LogP contribution in [0.3, 0.4) is 0 Å². The second-order valence-corrected chi connectivity index (χ2v) is 6.64. The molecule has 2 heterocycles. The third-order valence-corrected chi connectivity index (χ3v) is 5.72. The number of hydrogen-bond acceptors (Lipinski definition) is 3. The van der Waals surface area contributed by atoms with Crippen LogP contribution >= 0.6 is 0 Å². The molecule has 0 aromatic rings. The lowest BCUT2D eigenvalue weighted by atomic mass is 9.92. The lowest BCUT2D eigenvalue weighted by Crippen LogP contribution is -2.62. The molecule has 2 saturated heterocycles. The van der Waals surface area contributed by atoms with E-state index in [0.717, 1.165) is 12.0 Å². The predicted octanol–water partition coefficient (Wildman–Crippen LogP) is 2.47. The highest BCUT2D eigenvalue weighted by atomic mass is 15.3. The summed E-state index contributed by atoms with van der Waals surface area (Å²) in [5.41, 5.74) is 2.18. The second-order valence-electron chi connectivity index (χ2n) is 6.64. The summed E-state index contributed by atoms with van der Waals surface area (Å²) in [5.74, 6) is 0.839. The molecule has 3 nitrogen and oxygen atoms in total. The average Bonchev–Trinajstić information content (AvgIpc) is 3.25. The van der Waals surface area contributed by atoms with Crippen molar-refractivity contribution in [2.75, 3.05) is 39.3 Å². The highest BCUT2D eigenvalue weighted by Gasteiger charge is 2.55. The molecule has 0 aromatic heterocycles. The number of fused-ring (bicyclic) bond motifs is 1. The third-order valence-electron chi connectivity index (χ3n) is 5.72. The van der Waals surface area contributed by atoms with Crippen molar-refractivity contribution < 1.29 is 0 Å². The minimum absolute atomic E-state index is 0.546. The van der Waals surface area contributed by atoms with Crippen molar-refractivity contribution in [1.82, 2.24) is 15.1 Å². The smallest absolute Gasteiger partial charge is 0.0447 e. The van der Waals surface area contributed by atoms with Gasteiger partial charge in [0.15, 0.2) is 0 Å². The summed E-state index contributed by atoms with van der Waals surface area (Å²) in [7, 11) is 0. The summed E-state index contributed by atoms with van der Waals surface area (Å²) in [5, 5.41) is 3.44. The molecule has 0 aromatic carbocycles. The Labute approximate surface area is 130 Å². The molecule has 21 heavy (non-hydrogen) atoms. The van der Waals surface area contributed by atoms with Gasteiger partial charge in [0.1, 0.15) is 0 Å². The fraction of sp³-hybridized carbons (Fsp3) is 0.778. The average molecular weight is 289 g/mol. The van der Waals surface area contributed by atoms with Crippen LogP contribution in [0.5, 0.6) is 0 Å². The second kappa shape index (κ2) is 6.13. The van der Waals surface area contributed by atoms with Gasteiger partial charge in [-0.05, 0) is 24.3 Å². The largest absolute Gasteiger partial charge is 0.371 e. The number of nitrogens with one attached hydrogen (secondary N) is 1. The maximum atomic E-state index is 3.44. The van der Waals surface area contributed by atoms with Crippen LogP contribution in [0, 0.1) is 11.3 Å². The van der Waals surface area contributed by atoms with Crippen LogP contribution in [0.2, 0.25) is 0 Å². The van der Waals surface area contributed by atoms with Gasteiger partial charge in [0.25, 0.3) is 0 Å². The van der Waals surface area contributed by atoms with Crippen molar-refractivity contribution in [3.8, 4) is 0 Å². The lowest BCUT2D eigenvalue weighted by Gasteiger charge is -2.49. The summed E-state index contributed by atoms with van der Waals surface area (Å²) in [6.45, 7) is 13.7. The van der Waals surface area contributed by atoms with Gasteiger partial charge in [-0.1, -0.05) is 32.9 Å². The van der Waals surface area contributed by atoms with Crippen molar-refractivity contribution >= 4 is 0 Å². The lowest BCUT2D eigenvalue weighted by molar-refractivity contribution is 0.0447. The minimum atomic E-state index is 0.546. The molecule has 3 fully saturated rings. The quantitative estimate of drug-likeness (QED) is 0.861. The zero-order valence-corrected chi connectivity index (χ0v) is 13.9. The van der Waals surface area contributed by atoms with E-state index in [0.29, 0.717) is 5.41 Å². The van der Waals surface area contributed by atoms with Crippen molar-refractivity contribution in [1.29, 1.82) is 0 Å². The summed E-state index contributed by atoms with van der Waals surface area (Å²) in [6, 6.07) is 0.809. The van der Waals surface area contributed by atoms with Crippen LogP contribution in [-0.2, 0) is 0 Å². The van der Waals surface area contributed by atoms with Gasteiger partial charge in [-0.2, -0.15) is 0 Å². The van der Waals surface area contributed by atoms with Crippen molar-refractivity contribution in [2.24, 2.45) is 11.3 Å². The molecule has 2 atom stereocenters. The molecule has 4 aliphatic rings. The number of likely N-dealkylation sites (tertiary alicyclic amines) is 1. The molecule has 0 amide bonds. The molecular weight excluding hydrogens is 258 g/mol. The summed E-state index contributed by atoms with van der Waals surface area (Å²) in [6.07, 6.45) is 9.83. The molecule has 4 rings (SSSR count). The Bertz CT molecular complexity index is 416. The molecule has 0 radical (unpaired) electrons. The predicted molar refractivity (Wildman–Crippen MR) is 89.2 cm³/mol. The Morgan fingerprint density at radius 1 is 1.24 bits per heavy atom. The first kappa shape index (κ1) is 15.1. The molecule has 2 aliphatic heterocycles. The van der Waals surface area contributed by atoms with Crippen LogP contribution in [0.4, 0.5) is 0 Å². The SMILES string of the molecule is CC.CCC12C=CC=C(N3CC(N4CCNCC4)C3)C1C2. The summed E-state index contributed by atoms with van der Waals surface area (Å²) in [4.78, 5) is 5.31. The van der Waals surface area contributed by atoms with Crippen LogP contribution in [-0.4, -0.2) is 55.1 Å². The van der Waals surface area contributed by atoms with Gasteiger partial charge in [-0.15, -0.1) is 0 Å². The normalized spacial score (nSPS) is 35.3. The van der Waals surface area contributed by atoms with E-state index in [4.69, 9.17) is 0 Å². The van der Waals surface area contributed by atoms with Gasteiger partial charge >= 0.3 is 0 Å². The first-order chi connectivity index (χ1) is 10.3. The van der Waals surface area contributed by atoms with E-state index in [2.05, 4.69) is 40.3 Å². The Morgan fingerprint density at radius 3 is 2.62 bits per heavy atom. The van der Waals surface area contributed by atoms with Crippen LogP contribution in [0.25, 0.3) is 0 Å². The zero-order valence-electron chi connectivity index (χ0n) is 13.9. The zero-order chi connectivity index (χ0) is 14.9. The molecular formula is C18H31N3. The topological polar surface area (TPSA) is 18.5 Å². The molecule has 1 saturated carbocycles. The van der Waals surface area contributed by atoms with E-state index in [1.54, 1.807) is 5.70 Å². The summed E-state index contributed by atoms with van der Waals surface area (Å²) < 4.78 is 0. The van der Waals surface area contributed by atoms with Gasteiger partial charge in [0, 0.05) is 56.9 Å². The van der Waals surface area contributed by atoms with Crippen LogP contribution in [0.1, 0.15) is 33.6 Å². The first-order valence-electron chi connectivity index (χ1n) is 8.91.